The molecule has 1 heterocycles. The maximum Gasteiger partial charge on any atom is 0.204 e. The molecule has 0 unspecified atom stereocenters. The molecule has 76 valence electrons. The minimum atomic E-state index is 0.0787. The second kappa shape index (κ2) is 4.36. The predicted molar refractivity (Wildman–Crippen MR) is 61.4 cm³/mol. The minimum Gasteiger partial charge on any atom is -0.288 e. The maximum absolute atomic E-state index is 12.1. The van der Waals surface area contributed by atoms with Crippen molar-refractivity contribution >= 4 is 17.1 Å². The second-order valence-electron chi connectivity index (χ2n) is 3.21. The molecule has 0 atom stereocenters. The van der Waals surface area contributed by atoms with Crippen molar-refractivity contribution in [3.63, 3.8) is 0 Å². The van der Waals surface area contributed by atoms with Crippen molar-refractivity contribution in [1.82, 2.24) is 4.98 Å². The normalized spacial score (nSPS) is 10.2. The first kappa shape index (κ1) is 10.1. The Bertz CT molecular complexity index is 462. The van der Waals surface area contributed by atoms with Gasteiger partial charge in [-0.25, -0.2) is 0 Å². The lowest BCUT2D eigenvalue weighted by atomic mass is 10.0. The van der Waals surface area contributed by atoms with E-state index in [9.17, 15) is 4.79 Å². The Kier molecular flexibility index (Phi) is 2.92. The Balaban J connectivity index is 2.42. The first-order valence-electron chi connectivity index (χ1n) is 4.84. The molecule has 0 aliphatic rings. The van der Waals surface area contributed by atoms with Gasteiger partial charge in [0.15, 0.2) is 0 Å². The topological polar surface area (TPSA) is 30.0 Å². The molecule has 0 radical (unpaired) electrons. The lowest BCUT2D eigenvalue weighted by Crippen LogP contribution is -2.02. The van der Waals surface area contributed by atoms with Gasteiger partial charge in [0, 0.05) is 11.8 Å². The summed E-state index contributed by atoms with van der Waals surface area (Å²) in [6.07, 6.45) is 2.50. The maximum atomic E-state index is 12.1. The summed E-state index contributed by atoms with van der Waals surface area (Å²) in [5.74, 6) is 0.0787. The van der Waals surface area contributed by atoms with Crippen molar-refractivity contribution in [2.24, 2.45) is 0 Å². The van der Waals surface area contributed by atoms with E-state index in [2.05, 4.69) is 11.9 Å². The van der Waals surface area contributed by atoms with Gasteiger partial charge < -0.3 is 0 Å². The van der Waals surface area contributed by atoms with Crippen LogP contribution in [0.25, 0.3) is 0 Å². The van der Waals surface area contributed by atoms with Gasteiger partial charge >= 0.3 is 0 Å². The quantitative estimate of drug-likeness (QED) is 0.740. The number of rotatable bonds is 3. The van der Waals surface area contributed by atoms with E-state index in [-0.39, 0.29) is 5.78 Å². The van der Waals surface area contributed by atoms with Crippen LogP contribution in [0.1, 0.15) is 27.7 Å². The van der Waals surface area contributed by atoms with E-state index < -0.39 is 0 Å². The van der Waals surface area contributed by atoms with Crippen molar-refractivity contribution in [2.45, 2.75) is 13.3 Å². The Labute approximate surface area is 92.6 Å². The first-order chi connectivity index (χ1) is 7.33. The van der Waals surface area contributed by atoms with Crippen molar-refractivity contribution in [2.75, 3.05) is 0 Å². The molecule has 2 rings (SSSR count). The molecule has 2 aromatic rings. The van der Waals surface area contributed by atoms with E-state index in [0.29, 0.717) is 4.88 Å². The van der Waals surface area contributed by atoms with Crippen LogP contribution in [0.3, 0.4) is 0 Å². The predicted octanol–water partition coefficient (Wildman–Crippen LogP) is 2.94. The van der Waals surface area contributed by atoms with Crippen molar-refractivity contribution < 1.29 is 4.79 Å². The monoisotopic (exact) mass is 217 g/mol. The van der Waals surface area contributed by atoms with Gasteiger partial charge in [-0.05, 0) is 12.0 Å². The van der Waals surface area contributed by atoms with Crippen LogP contribution in [0.15, 0.2) is 36.0 Å². The van der Waals surface area contributed by atoms with E-state index in [1.165, 1.54) is 11.3 Å². The Morgan fingerprint density at radius 3 is 2.87 bits per heavy atom. The fourth-order valence-electron chi connectivity index (χ4n) is 1.51. The van der Waals surface area contributed by atoms with Crippen LogP contribution in [0.5, 0.6) is 0 Å². The summed E-state index contributed by atoms with van der Waals surface area (Å²) >= 11 is 1.38. The molecule has 1 aromatic carbocycles. The van der Waals surface area contributed by atoms with Gasteiger partial charge in [0.2, 0.25) is 5.78 Å². The van der Waals surface area contributed by atoms with Gasteiger partial charge in [-0.2, -0.15) is 0 Å². The average molecular weight is 217 g/mol. The van der Waals surface area contributed by atoms with Crippen LogP contribution < -0.4 is 0 Å². The highest BCUT2D eigenvalue weighted by Crippen LogP contribution is 2.17. The Hall–Kier alpha value is -1.48. The fraction of sp³-hybridized carbons (Fsp3) is 0.167. The smallest absolute Gasteiger partial charge is 0.204 e. The Morgan fingerprint density at radius 1 is 1.40 bits per heavy atom. The zero-order chi connectivity index (χ0) is 10.7. The average Bonchev–Trinajstić information content (AvgIpc) is 2.81. The van der Waals surface area contributed by atoms with Crippen LogP contribution in [0.2, 0.25) is 0 Å². The van der Waals surface area contributed by atoms with E-state index in [0.717, 1.165) is 17.5 Å². The lowest BCUT2D eigenvalue weighted by molar-refractivity contribution is 0.104. The largest absolute Gasteiger partial charge is 0.288 e. The number of carbonyl (C=O) groups excluding carboxylic acids is 1. The summed E-state index contributed by atoms with van der Waals surface area (Å²) in [4.78, 5) is 16.7. The number of aromatic nitrogens is 1. The zero-order valence-corrected chi connectivity index (χ0v) is 9.25. The standard InChI is InChI=1S/C12H11NOS/c1-2-9-5-3-4-6-10(9)12(14)11-7-13-8-15-11/h3-8H,2H2,1H3. The fourth-order valence-corrected chi connectivity index (χ4v) is 2.08. The number of nitrogens with zero attached hydrogens (tertiary/aromatic N) is 1. The molecule has 0 saturated heterocycles. The molecule has 2 nitrogen and oxygen atoms in total. The van der Waals surface area contributed by atoms with Crippen molar-refractivity contribution in [1.29, 1.82) is 0 Å². The number of hydrogen-bond donors (Lipinski definition) is 0. The van der Waals surface area contributed by atoms with E-state index in [4.69, 9.17) is 0 Å². The summed E-state index contributed by atoms with van der Waals surface area (Å²) < 4.78 is 0. The highest BCUT2D eigenvalue weighted by molar-refractivity contribution is 7.11. The van der Waals surface area contributed by atoms with Crippen LogP contribution >= 0.6 is 11.3 Å². The third kappa shape index (κ3) is 1.97. The van der Waals surface area contributed by atoms with Crippen LogP contribution in [0, 0.1) is 0 Å². The summed E-state index contributed by atoms with van der Waals surface area (Å²) in [7, 11) is 0. The highest BCUT2D eigenvalue weighted by Gasteiger charge is 2.13. The van der Waals surface area contributed by atoms with E-state index >= 15 is 0 Å². The van der Waals surface area contributed by atoms with E-state index in [1.54, 1.807) is 11.7 Å². The molecule has 0 N–H and O–H groups in total. The molecular formula is C12H11NOS. The number of thiazole rings is 1. The molecule has 0 aliphatic heterocycles. The number of carbonyl (C=O) groups is 1. The van der Waals surface area contributed by atoms with Gasteiger partial charge in [0.1, 0.15) is 0 Å². The van der Waals surface area contributed by atoms with Crippen molar-refractivity contribution in [3.05, 3.63) is 52.0 Å². The first-order valence-corrected chi connectivity index (χ1v) is 5.72. The number of benzene rings is 1. The molecule has 0 aliphatic carbocycles. The second-order valence-corrected chi connectivity index (χ2v) is 4.09. The molecule has 1 aromatic heterocycles. The number of ketones is 1. The van der Waals surface area contributed by atoms with Crippen LogP contribution in [0.4, 0.5) is 0 Å². The number of hydrogen-bond acceptors (Lipinski definition) is 3. The third-order valence-corrected chi connectivity index (χ3v) is 3.07. The zero-order valence-electron chi connectivity index (χ0n) is 8.43. The summed E-state index contributed by atoms with van der Waals surface area (Å²) in [5.41, 5.74) is 3.57. The molecule has 15 heavy (non-hydrogen) atoms. The summed E-state index contributed by atoms with van der Waals surface area (Å²) in [6, 6.07) is 7.73. The van der Waals surface area contributed by atoms with Crippen LogP contribution in [-0.4, -0.2) is 10.8 Å². The molecular weight excluding hydrogens is 206 g/mol. The van der Waals surface area contributed by atoms with Gasteiger partial charge in [-0.1, -0.05) is 31.2 Å². The minimum absolute atomic E-state index is 0.0787. The highest BCUT2D eigenvalue weighted by atomic mass is 32.1. The molecule has 0 bridgehead atoms. The summed E-state index contributed by atoms with van der Waals surface area (Å²) in [5, 5.41) is 0. The van der Waals surface area contributed by atoms with Gasteiger partial charge in [-0.15, -0.1) is 11.3 Å². The molecule has 0 fully saturated rings. The SMILES string of the molecule is CCc1ccccc1C(=O)c1cncs1. The molecule has 0 saturated carbocycles. The van der Waals surface area contributed by atoms with Gasteiger partial charge in [0.25, 0.3) is 0 Å². The Morgan fingerprint density at radius 2 is 2.20 bits per heavy atom. The van der Waals surface area contributed by atoms with Gasteiger partial charge in [0.05, 0.1) is 10.4 Å². The van der Waals surface area contributed by atoms with Crippen LogP contribution in [-0.2, 0) is 6.42 Å². The molecule has 0 spiro atoms. The number of aryl methyl sites for hydroxylation is 1. The lowest BCUT2D eigenvalue weighted by Gasteiger charge is -2.04. The van der Waals surface area contributed by atoms with Gasteiger partial charge in [-0.3, -0.25) is 9.78 Å². The summed E-state index contributed by atoms with van der Waals surface area (Å²) in [6.45, 7) is 2.05. The molecule has 0 amide bonds. The molecule has 3 heteroatoms. The third-order valence-electron chi connectivity index (χ3n) is 2.30. The van der Waals surface area contributed by atoms with Crippen molar-refractivity contribution in [3.8, 4) is 0 Å². The van der Waals surface area contributed by atoms with E-state index in [1.807, 2.05) is 24.3 Å².